The van der Waals surface area contributed by atoms with Crippen LogP contribution in [0.4, 0.5) is 45.2 Å². The van der Waals surface area contributed by atoms with Crippen molar-refractivity contribution in [3.63, 3.8) is 0 Å². The molecule has 1 N–H and O–H groups in total. The number of nitrogens with zero attached hydrogens (tertiary/aromatic N) is 1. The minimum absolute atomic E-state index is 0.363. The van der Waals surface area contributed by atoms with Crippen molar-refractivity contribution in [2.75, 3.05) is 18.0 Å². The van der Waals surface area contributed by atoms with Crippen molar-refractivity contribution >= 4 is 5.69 Å². The molecule has 1 aromatic carbocycles. The molecule has 0 heterocycles. The number of hydrogen-bond donors (Lipinski definition) is 1. The van der Waals surface area contributed by atoms with Crippen LogP contribution in [0.15, 0.2) is 24.3 Å². The van der Waals surface area contributed by atoms with Crippen LogP contribution in [-0.2, 0) is 0 Å². The van der Waals surface area contributed by atoms with Gasteiger partial charge in [-0.1, -0.05) is 12.1 Å². The van der Waals surface area contributed by atoms with Crippen LogP contribution in [0.1, 0.15) is 31.9 Å². The number of aliphatic hydroxyl groups excluding tert-OH is 1. The third-order valence-corrected chi connectivity index (χ3v) is 5.06. The molecule has 28 heavy (non-hydrogen) atoms. The molecule has 1 unspecified atom stereocenters. The van der Waals surface area contributed by atoms with Gasteiger partial charge in [0.05, 0.1) is 6.10 Å². The molecule has 2 nitrogen and oxygen atoms in total. The van der Waals surface area contributed by atoms with Crippen molar-refractivity contribution < 1.29 is 44.6 Å². The first-order chi connectivity index (χ1) is 12.6. The highest BCUT2D eigenvalue weighted by atomic mass is 19.4. The lowest BCUT2D eigenvalue weighted by atomic mass is 9.88. The van der Waals surface area contributed by atoms with Crippen LogP contribution >= 0.6 is 0 Å². The SMILES string of the molecule is CCN(CC)c1ccc(C(O)CC2(F)C(F)(F)C(F)(F)C(F)(F)C2(F)F)cc1. The molecule has 1 aliphatic rings. The van der Waals surface area contributed by atoms with Gasteiger partial charge in [0.15, 0.2) is 0 Å². The van der Waals surface area contributed by atoms with Crippen molar-refractivity contribution in [2.24, 2.45) is 0 Å². The number of benzene rings is 1. The highest BCUT2D eigenvalue weighted by molar-refractivity contribution is 5.47. The van der Waals surface area contributed by atoms with E-state index in [4.69, 9.17) is 0 Å². The van der Waals surface area contributed by atoms with Gasteiger partial charge in [-0.25, -0.2) is 4.39 Å². The van der Waals surface area contributed by atoms with Crippen LogP contribution < -0.4 is 4.90 Å². The Balaban J connectivity index is 2.38. The summed E-state index contributed by atoms with van der Waals surface area (Å²) in [6, 6.07) is 4.90. The topological polar surface area (TPSA) is 23.5 Å². The summed E-state index contributed by atoms with van der Waals surface area (Å²) >= 11 is 0. The zero-order chi connectivity index (χ0) is 21.8. The van der Waals surface area contributed by atoms with Gasteiger partial charge in [-0.3, -0.25) is 0 Å². The van der Waals surface area contributed by atoms with Crippen molar-refractivity contribution in [3.8, 4) is 0 Å². The van der Waals surface area contributed by atoms with Crippen molar-refractivity contribution in [2.45, 2.75) is 55.7 Å². The summed E-state index contributed by atoms with van der Waals surface area (Å²) in [5.74, 6) is -26.1. The Hall–Kier alpha value is -1.65. The Kier molecular flexibility index (Phi) is 5.42. The van der Waals surface area contributed by atoms with E-state index in [2.05, 4.69) is 0 Å². The van der Waals surface area contributed by atoms with Crippen LogP contribution in [0, 0.1) is 0 Å². The average molecular weight is 423 g/mol. The molecule has 1 saturated carbocycles. The van der Waals surface area contributed by atoms with E-state index in [1.807, 2.05) is 18.7 Å². The summed E-state index contributed by atoms with van der Waals surface area (Å²) in [6.45, 7) is 4.80. The van der Waals surface area contributed by atoms with Gasteiger partial charge in [0, 0.05) is 25.2 Å². The predicted octanol–water partition coefficient (Wildman–Crippen LogP) is 5.22. The Morgan fingerprint density at radius 1 is 0.750 bits per heavy atom. The van der Waals surface area contributed by atoms with Gasteiger partial charge in [0.1, 0.15) is 0 Å². The van der Waals surface area contributed by atoms with E-state index in [1.165, 1.54) is 12.1 Å². The summed E-state index contributed by atoms with van der Waals surface area (Å²) in [4.78, 5) is 1.83. The molecule has 0 amide bonds. The highest BCUT2D eigenvalue weighted by Gasteiger charge is 3.00. The van der Waals surface area contributed by atoms with Gasteiger partial charge < -0.3 is 10.0 Å². The second-order valence-corrected chi connectivity index (χ2v) is 6.58. The van der Waals surface area contributed by atoms with Gasteiger partial charge >= 0.3 is 23.7 Å². The molecule has 0 bridgehead atoms. The molecule has 2 rings (SSSR count). The zero-order valence-corrected chi connectivity index (χ0v) is 14.8. The minimum atomic E-state index is -6.63. The van der Waals surface area contributed by atoms with Crippen LogP contribution in [0.3, 0.4) is 0 Å². The van der Waals surface area contributed by atoms with E-state index in [0.29, 0.717) is 18.8 Å². The van der Waals surface area contributed by atoms with Crippen LogP contribution in [0.25, 0.3) is 0 Å². The molecular weight excluding hydrogens is 405 g/mol. The monoisotopic (exact) mass is 423 g/mol. The smallest absolute Gasteiger partial charge is 0.381 e. The summed E-state index contributed by atoms with van der Waals surface area (Å²) < 4.78 is 122. The van der Waals surface area contributed by atoms with Gasteiger partial charge in [0.25, 0.3) is 5.67 Å². The number of hydrogen-bond acceptors (Lipinski definition) is 2. The Morgan fingerprint density at radius 2 is 1.14 bits per heavy atom. The molecular formula is C17H18F9NO. The molecule has 1 fully saturated rings. The molecule has 11 heteroatoms. The molecule has 1 aliphatic carbocycles. The predicted molar refractivity (Wildman–Crippen MR) is 83.2 cm³/mol. The molecule has 0 saturated heterocycles. The third kappa shape index (κ3) is 2.68. The largest absolute Gasteiger partial charge is 0.388 e. The fourth-order valence-electron chi connectivity index (χ4n) is 3.23. The third-order valence-electron chi connectivity index (χ3n) is 5.06. The van der Waals surface area contributed by atoms with E-state index >= 15 is 0 Å². The normalized spacial score (nSPS) is 24.7. The second-order valence-electron chi connectivity index (χ2n) is 6.58. The zero-order valence-electron chi connectivity index (χ0n) is 14.8. The summed E-state index contributed by atoms with van der Waals surface area (Å²) in [5, 5.41) is 9.88. The number of rotatable bonds is 6. The fraction of sp³-hybridized carbons (Fsp3) is 0.647. The van der Waals surface area contributed by atoms with Gasteiger partial charge in [0.2, 0.25) is 0 Å². The fourth-order valence-corrected chi connectivity index (χ4v) is 3.23. The van der Waals surface area contributed by atoms with Crippen LogP contribution in [-0.4, -0.2) is 47.6 Å². The molecule has 160 valence electrons. The maximum absolute atomic E-state index is 14.5. The van der Waals surface area contributed by atoms with Gasteiger partial charge in [-0.05, 0) is 31.5 Å². The van der Waals surface area contributed by atoms with E-state index in [0.717, 1.165) is 12.1 Å². The number of anilines is 1. The van der Waals surface area contributed by atoms with E-state index in [9.17, 15) is 44.6 Å². The number of aliphatic hydroxyl groups is 1. The van der Waals surface area contributed by atoms with Crippen LogP contribution in [0.5, 0.6) is 0 Å². The van der Waals surface area contributed by atoms with Gasteiger partial charge in [-0.2, -0.15) is 35.1 Å². The Bertz CT molecular complexity index is 675. The van der Waals surface area contributed by atoms with Gasteiger partial charge in [-0.15, -0.1) is 0 Å². The van der Waals surface area contributed by atoms with Crippen LogP contribution in [0.2, 0.25) is 0 Å². The maximum atomic E-state index is 14.5. The summed E-state index contributed by atoms with van der Waals surface area (Å²) in [5.41, 5.74) is -5.42. The number of halogens is 9. The summed E-state index contributed by atoms with van der Waals surface area (Å²) in [6.07, 6.45) is -4.79. The Morgan fingerprint density at radius 3 is 1.50 bits per heavy atom. The second kappa shape index (κ2) is 6.70. The lowest BCUT2D eigenvalue weighted by molar-refractivity contribution is -0.303. The van der Waals surface area contributed by atoms with Crippen molar-refractivity contribution in [1.82, 2.24) is 0 Å². The lowest BCUT2D eigenvalue weighted by Gasteiger charge is -2.32. The highest BCUT2D eigenvalue weighted by Crippen LogP contribution is 2.70. The molecule has 1 atom stereocenters. The standard InChI is InChI=1S/C17H18F9NO/c1-3-27(4-2)11-7-5-10(6-8-11)12(28)9-13(18)14(19,20)16(23,24)17(25,26)15(13,21)22/h5-8,12,28H,3-4,9H2,1-2H3. The molecule has 0 radical (unpaired) electrons. The first kappa shape index (κ1) is 22.6. The molecule has 0 aromatic heterocycles. The quantitative estimate of drug-likeness (QED) is 0.635. The lowest BCUT2D eigenvalue weighted by Crippen LogP contribution is -2.55. The Labute approximate surface area is 154 Å². The van der Waals surface area contributed by atoms with E-state index < -0.39 is 41.9 Å². The van der Waals surface area contributed by atoms with E-state index in [-0.39, 0.29) is 5.56 Å². The van der Waals surface area contributed by atoms with E-state index in [1.54, 1.807) is 0 Å². The first-order valence-corrected chi connectivity index (χ1v) is 8.35. The van der Waals surface area contributed by atoms with Crippen molar-refractivity contribution in [3.05, 3.63) is 29.8 Å². The summed E-state index contributed by atoms with van der Waals surface area (Å²) in [7, 11) is 0. The molecule has 0 aliphatic heterocycles. The first-order valence-electron chi connectivity index (χ1n) is 8.35. The molecule has 1 aromatic rings. The molecule has 0 spiro atoms. The average Bonchev–Trinajstić information content (AvgIpc) is 2.66. The minimum Gasteiger partial charge on any atom is -0.388 e. The number of alkyl halides is 9. The maximum Gasteiger partial charge on any atom is 0.381 e. The van der Waals surface area contributed by atoms with Crippen molar-refractivity contribution in [1.29, 1.82) is 0 Å².